The van der Waals surface area contributed by atoms with Gasteiger partial charge in [-0.2, -0.15) is 0 Å². The summed E-state index contributed by atoms with van der Waals surface area (Å²) >= 11 is 1.24. The van der Waals surface area contributed by atoms with Gasteiger partial charge < -0.3 is 11.1 Å². The van der Waals surface area contributed by atoms with E-state index in [1.165, 1.54) is 11.8 Å². The molecule has 1 unspecified atom stereocenters. The van der Waals surface area contributed by atoms with Crippen molar-refractivity contribution in [2.75, 3.05) is 0 Å². The van der Waals surface area contributed by atoms with Crippen LogP contribution in [0.15, 0.2) is 59.5 Å². The van der Waals surface area contributed by atoms with E-state index in [-0.39, 0.29) is 0 Å². The van der Waals surface area contributed by atoms with Crippen molar-refractivity contribution >= 4 is 29.6 Å². The van der Waals surface area contributed by atoms with Crippen LogP contribution in [0, 0.1) is 0 Å². The second-order valence-corrected chi connectivity index (χ2v) is 6.72. The van der Waals surface area contributed by atoms with Gasteiger partial charge in [0.25, 0.3) is 0 Å². The number of thioether (sulfide) groups is 1. The summed E-state index contributed by atoms with van der Waals surface area (Å²) in [7, 11) is 0. The molecule has 0 aliphatic carbocycles. The van der Waals surface area contributed by atoms with Crippen LogP contribution in [0.3, 0.4) is 0 Å². The second-order valence-electron chi connectivity index (χ2n) is 5.31. The fourth-order valence-corrected chi connectivity index (χ4v) is 2.94. The van der Waals surface area contributed by atoms with Gasteiger partial charge in [0.15, 0.2) is 0 Å². The Labute approximate surface area is 150 Å². The van der Waals surface area contributed by atoms with E-state index in [2.05, 4.69) is 10.6 Å². The molecule has 4 amide bonds. The van der Waals surface area contributed by atoms with Gasteiger partial charge in [0.05, 0.1) is 5.25 Å². The fraction of sp³-hybridized carbons (Fsp3) is 0.167. The Hall–Kier alpha value is -2.80. The number of imide groups is 1. The van der Waals surface area contributed by atoms with Gasteiger partial charge in [0.1, 0.15) is 0 Å². The Balaban J connectivity index is 1.84. The van der Waals surface area contributed by atoms with Gasteiger partial charge in [-0.05, 0) is 30.7 Å². The van der Waals surface area contributed by atoms with Gasteiger partial charge in [0.2, 0.25) is 11.8 Å². The zero-order chi connectivity index (χ0) is 18.2. The molecule has 2 rings (SSSR count). The van der Waals surface area contributed by atoms with Crippen LogP contribution in [0.5, 0.6) is 0 Å². The number of benzene rings is 2. The molecule has 7 heteroatoms. The number of carbonyl (C=O) groups excluding carboxylic acids is 3. The largest absolute Gasteiger partial charge is 0.366 e. The molecule has 2 aromatic rings. The minimum absolute atomic E-state index is 0.335. The first-order valence-corrected chi connectivity index (χ1v) is 8.53. The van der Waals surface area contributed by atoms with Crippen molar-refractivity contribution in [2.24, 2.45) is 5.73 Å². The minimum Gasteiger partial charge on any atom is -0.366 e. The highest BCUT2D eigenvalue weighted by Crippen LogP contribution is 2.24. The SMILES string of the molecule is CC(Sc1cccc(C(N)=O)c1)C(=O)NC(=O)NCc1ccccc1. The molecule has 0 aromatic heterocycles. The van der Waals surface area contributed by atoms with Crippen molar-refractivity contribution in [1.29, 1.82) is 0 Å². The molecule has 0 saturated carbocycles. The molecule has 2 aromatic carbocycles. The maximum atomic E-state index is 12.1. The fourth-order valence-electron chi connectivity index (χ4n) is 2.02. The Morgan fingerprint density at radius 1 is 1.08 bits per heavy atom. The second kappa shape index (κ2) is 8.89. The van der Waals surface area contributed by atoms with Crippen LogP contribution < -0.4 is 16.4 Å². The van der Waals surface area contributed by atoms with E-state index in [9.17, 15) is 14.4 Å². The number of hydrogen-bond donors (Lipinski definition) is 3. The lowest BCUT2D eigenvalue weighted by atomic mass is 10.2. The molecule has 1 atom stereocenters. The standard InChI is InChI=1S/C18H19N3O3S/c1-12(25-15-9-5-8-14(10-15)16(19)22)17(23)21-18(24)20-11-13-6-3-2-4-7-13/h2-10,12H,11H2,1H3,(H2,19,22)(H2,20,21,23,24). The van der Waals surface area contributed by atoms with Crippen molar-refractivity contribution in [3.63, 3.8) is 0 Å². The number of rotatable bonds is 6. The number of nitrogens with one attached hydrogen (secondary N) is 2. The molecule has 0 fully saturated rings. The highest BCUT2D eigenvalue weighted by Gasteiger charge is 2.17. The van der Waals surface area contributed by atoms with Crippen LogP contribution in [0.25, 0.3) is 0 Å². The quantitative estimate of drug-likeness (QED) is 0.690. The third-order valence-corrected chi connectivity index (χ3v) is 4.43. The summed E-state index contributed by atoms with van der Waals surface area (Å²) in [5.41, 5.74) is 6.55. The third-order valence-electron chi connectivity index (χ3n) is 3.33. The topological polar surface area (TPSA) is 101 Å². The van der Waals surface area contributed by atoms with Crippen LogP contribution in [0.2, 0.25) is 0 Å². The monoisotopic (exact) mass is 357 g/mol. The van der Waals surface area contributed by atoms with Gasteiger partial charge in [-0.15, -0.1) is 11.8 Å². The lowest BCUT2D eigenvalue weighted by molar-refractivity contribution is -0.119. The van der Waals surface area contributed by atoms with Crippen LogP contribution in [-0.4, -0.2) is 23.1 Å². The van der Waals surface area contributed by atoms with E-state index < -0.39 is 23.1 Å². The van der Waals surface area contributed by atoms with Gasteiger partial charge in [-0.25, -0.2) is 4.79 Å². The Bertz CT molecular complexity index is 765. The zero-order valence-electron chi connectivity index (χ0n) is 13.7. The van der Waals surface area contributed by atoms with Crippen molar-refractivity contribution < 1.29 is 14.4 Å². The summed E-state index contributed by atoms with van der Waals surface area (Å²) in [6.45, 7) is 2.02. The summed E-state index contributed by atoms with van der Waals surface area (Å²) in [4.78, 5) is 35.8. The first-order chi connectivity index (χ1) is 12.0. The molecule has 0 spiro atoms. The Morgan fingerprint density at radius 2 is 1.80 bits per heavy atom. The molecule has 130 valence electrons. The van der Waals surface area contributed by atoms with Crippen LogP contribution in [-0.2, 0) is 11.3 Å². The molecule has 25 heavy (non-hydrogen) atoms. The summed E-state index contributed by atoms with van der Waals surface area (Å²) in [5, 5.41) is 4.43. The Morgan fingerprint density at radius 3 is 2.48 bits per heavy atom. The van der Waals surface area contributed by atoms with Crippen molar-refractivity contribution in [2.45, 2.75) is 23.6 Å². The molecule has 0 saturated heterocycles. The highest BCUT2D eigenvalue weighted by molar-refractivity contribution is 8.00. The molecule has 6 nitrogen and oxygen atoms in total. The Kier molecular flexibility index (Phi) is 6.59. The summed E-state index contributed by atoms with van der Waals surface area (Å²) in [6.07, 6.45) is 0. The predicted molar refractivity (Wildman–Crippen MR) is 97.1 cm³/mol. The minimum atomic E-state index is -0.549. The van der Waals surface area contributed by atoms with Crippen molar-refractivity contribution in [3.8, 4) is 0 Å². The maximum absolute atomic E-state index is 12.1. The van der Waals surface area contributed by atoms with Crippen LogP contribution >= 0.6 is 11.8 Å². The molecule has 0 aliphatic heterocycles. The average molecular weight is 357 g/mol. The summed E-state index contributed by atoms with van der Waals surface area (Å²) in [6, 6.07) is 15.5. The maximum Gasteiger partial charge on any atom is 0.321 e. The highest BCUT2D eigenvalue weighted by atomic mass is 32.2. The van der Waals surface area contributed by atoms with Crippen molar-refractivity contribution in [3.05, 3.63) is 65.7 Å². The number of amides is 4. The number of nitrogens with two attached hydrogens (primary N) is 1. The summed E-state index contributed by atoms with van der Waals surface area (Å²) in [5.74, 6) is -0.945. The molecule has 0 radical (unpaired) electrons. The van der Waals surface area contributed by atoms with E-state index in [1.807, 2.05) is 30.3 Å². The molecule has 0 aliphatic rings. The predicted octanol–water partition coefficient (Wildman–Crippen LogP) is 2.29. The van der Waals surface area contributed by atoms with Crippen LogP contribution in [0.4, 0.5) is 4.79 Å². The van der Waals surface area contributed by atoms with E-state index in [0.717, 1.165) is 10.5 Å². The zero-order valence-corrected chi connectivity index (χ0v) is 14.5. The lowest BCUT2D eigenvalue weighted by Gasteiger charge is -2.12. The first kappa shape index (κ1) is 18.5. The van der Waals surface area contributed by atoms with E-state index in [4.69, 9.17) is 5.73 Å². The normalized spacial score (nSPS) is 11.4. The number of hydrogen-bond acceptors (Lipinski definition) is 4. The van der Waals surface area contributed by atoms with Gasteiger partial charge in [0, 0.05) is 17.0 Å². The van der Waals surface area contributed by atoms with E-state index in [1.54, 1.807) is 31.2 Å². The molecule has 0 heterocycles. The molecule has 4 N–H and O–H groups in total. The number of primary amides is 1. The third kappa shape index (κ3) is 5.96. The van der Waals surface area contributed by atoms with Gasteiger partial charge in [-0.3, -0.25) is 14.9 Å². The number of carbonyl (C=O) groups is 3. The van der Waals surface area contributed by atoms with E-state index in [0.29, 0.717) is 12.1 Å². The molecule has 0 bridgehead atoms. The van der Waals surface area contributed by atoms with Gasteiger partial charge in [-0.1, -0.05) is 36.4 Å². The number of urea groups is 1. The molecular formula is C18H19N3O3S. The van der Waals surface area contributed by atoms with E-state index >= 15 is 0 Å². The van der Waals surface area contributed by atoms with Gasteiger partial charge >= 0.3 is 6.03 Å². The average Bonchev–Trinajstić information content (AvgIpc) is 2.61. The lowest BCUT2D eigenvalue weighted by Crippen LogP contribution is -2.42. The first-order valence-electron chi connectivity index (χ1n) is 7.65. The van der Waals surface area contributed by atoms with Crippen molar-refractivity contribution in [1.82, 2.24) is 10.6 Å². The molecular weight excluding hydrogens is 338 g/mol. The van der Waals surface area contributed by atoms with Crippen LogP contribution in [0.1, 0.15) is 22.8 Å². The summed E-state index contributed by atoms with van der Waals surface area (Å²) < 4.78 is 0. The smallest absolute Gasteiger partial charge is 0.321 e.